The number of ether oxygens (including phenoxy) is 1. The van der Waals surface area contributed by atoms with Gasteiger partial charge in [0.05, 0.1) is 25.0 Å². The summed E-state index contributed by atoms with van der Waals surface area (Å²) in [6.45, 7) is 7.75. The van der Waals surface area contributed by atoms with E-state index in [1.807, 2.05) is 37.0 Å². The van der Waals surface area contributed by atoms with Gasteiger partial charge in [-0.15, -0.1) is 24.0 Å². The van der Waals surface area contributed by atoms with Crippen LogP contribution in [-0.4, -0.2) is 53.1 Å². The summed E-state index contributed by atoms with van der Waals surface area (Å²) in [5.74, 6) is 1.46. The zero-order valence-corrected chi connectivity index (χ0v) is 20.3. The van der Waals surface area contributed by atoms with Gasteiger partial charge in [0.15, 0.2) is 17.5 Å². The normalized spacial score (nSPS) is 16.7. The van der Waals surface area contributed by atoms with Crippen LogP contribution in [0.3, 0.4) is 0 Å². The number of phenolic OH excluding ortho intramolecular Hbond substituents is 1. The summed E-state index contributed by atoms with van der Waals surface area (Å²) in [6.07, 6.45) is 6.21. The maximum absolute atomic E-state index is 9.87. The van der Waals surface area contributed by atoms with Gasteiger partial charge in [-0.05, 0) is 44.4 Å². The molecule has 0 radical (unpaired) electrons. The van der Waals surface area contributed by atoms with Crippen LogP contribution in [0.25, 0.3) is 0 Å². The molecule has 1 aliphatic rings. The zero-order chi connectivity index (χ0) is 20.6. The Labute approximate surface area is 195 Å². The summed E-state index contributed by atoms with van der Waals surface area (Å²) >= 11 is 0. The highest BCUT2D eigenvalue weighted by atomic mass is 127. The van der Waals surface area contributed by atoms with Crippen LogP contribution in [0.5, 0.6) is 11.5 Å². The first-order valence-corrected chi connectivity index (χ1v) is 10.3. The van der Waals surface area contributed by atoms with Crippen LogP contribution >= 0.6 is 24.0 Å². The summed E-state index contributed by atoms with van der Waals surface area (Å²) in [4.78, 5) is 7.10. The van der Waals surface area contributed by atoms with E-state index in [2.05, 4.69) is 33.8 Å². The minimum absolute atomic E-state index is 0. The van der Waals surface area contributed by atoms with Crippen molar-refractivity contribution in [1.29, 1.82) is 0 Å². The van der Waals surface area contributed by atoms with Crippen molar-refractivity contribution < 1.29 is 9.84 Å². The lowest BCUT2D eigenvalue weighted by atomic mass is 10.1. The lowest BCUT2D eigenvalue weighted by molar-refractivity contribution is 0.318. The van der Waals surface area contributed by atoms with Crippen molar-refractivity contribution >= 4 is 35.6 Å². The molecule has 2 aromatic rings. The number of hydrogen-bond acceptors (Lipinski definition) is 5. The number of aliphatic imine (C=N–C) groups is 1. The van der Waals surface area contributed by atoms with Crippen molar-refractivity contribution in [3.05, 3.63) is 36.2 Å². The smallest absolute Gasteiger partial charge is 0.191 e. The van der Waals surface area contributed by atoms with Gasteiger partial charge in [0.1, 0.15) is 0 Å². The second-order valence-corrected chi connectivity index (χ2v) is 7.23. The lowest BCUT2D eigenvalue weighted by Gasteiger charge is -2.34. The van der Waals surface area contributed by atoms with Crippen LogP contribution in [0.4, 0.5) is 5.69 Å². The number of aromatic hydroxyl groups is 1. The van der Waals surface area contributed by atoms with E-state index in [1.54, 1.807) is 6.07 Å². The molecule has 0 saturated carbocycles. The number of nitrogens with zero attached hydrogens (tertiary/aromatic N) is 4. The van der Waals surface area contributed by atoms with E-state index in [0.29, 0.717) is 24.9 Å². The molecule has 8 nitrogen and oxygen atoms in total. The SMILES string of the molecule is CCNC(=NCc1ccc(O)c(OCC)c1)NC1CCCN(c2cnn(C)c2)C1.I. The van der Waals surface area contributed by atoms with E-state index >= 15 is 0 Å². The van der Waals surface area contributed by atoms with Gasteiger partial charge in [-0.3, -0.25) is 4.68 Å². The van der Waals surface area contributed by atoms with E-state index in [-0.39, 0.29) is 29.7 Å². The molecule has 30 heavy (non-hydrogen) atoms. The molecule has 9 heteroatoms. The van der Waals surface area contributed by atoms with Crippen LogP contribution in [-0.2, 0) is 13.6 Å². The molecule has 1 aromatic carbocycles. The third kappa shape index (κ3) is 6.68. The first-order valence-electron chi connectivity index (χ1n) is 10.3. The molecule has 1 unspecified atom stereocenters. The minimum atomic E-state index is 0. The quantitative estimate of drug-likeness (QED) is 0.291. The van der Waals surface area contributed by atoms with Gasteiger partial charge < -0.3 is 25.4 Å². The lowest BCUT2D eigenvalue weighted by Crippen LogP contribution is -2.51. The molecule has 0 spiro atoms. The van der Waals surface area contributed by atoms with E-state index in [4.69, 9.17) is 9.73 Å². The standard InChI is InChI=1S/C21H32N6O2.HI/c1-4-22-21(23-12-16-8-9-19(28)20(11-16)29-5-2)25-17-7-6-10-27(14-17)18-13-24-26(3)15-18;/h8-9,11,13,15,17,28H,4-7,10,12,14H2,1-3H3,(H2,22,23,25);1H. The number of rotatable bonds is 7. The number of benzene rings is 1. The van der Waals surface area contributed by atoms with E-state index in [9.17, 15) is 5.11 Å². The fourth-order valence-electron chi connectivity index (χ4n) is 3.51. The molecule has 3 N–H and O–H groups in total. The maximum Gasteiger partial charge on any atom is 0.191 e. The molecule has 3 rings (SSSR count). The van der Waals surface area contributed by atoms with Crippen molar-refractivity contribution in [2.75, 3.05) is 31.1 Å². The first kappa shape index (κ1) is 24.1. The number of nitrogens with one attached hydrogen (secondary N) is 2. The highest BCUT2D eigenvalue weighted by molar-refractivity contribution is 14.0. The average molecular weight is 528 g/mol. The van der Waals surface area contributed by atoms with Gasteiger partial charge >= 0.3 is 0 Å². The zero-order valence-electron chi connectivity index (χ0n) is 18.0. The molecule has 1 atom stereocenters. The van der Waals surface area contributed by atoms with Gasteiger partial charge in [-0.2, -0.15) is 5.10 Å². The Morgan fingerprint density at radius 2 is 2.20 bits per heavy atom. The van der Waals surface area contributed by atoms with Crippen LogP contribution in [0.2, 0.25) is 0 Å². The summed E-state index contributed by atoms with van der Waals surface area (Å²) < 4.78 is 7.31. The van der Waals surface area contributed by atoms with Crippen LogP contribution in [0, 0.1) is 0 Å². The summed E-state index contributed by atoms with van der Waals surface area (Å²) in [5, 5.41) is 21.1. The number of anilines is 1. The maximum atomic E-state index is 9.87. The van der Waals surface area contributed by atoms with Crippen molar-refractivity contribution in [3.8, 4) is 11.5 Å². The number of aryl methyl sites for hydroxylation is 1. The van der Waals surface area contributed by atoms with Crippen molar-refractivity contribution in [2.24, 2.45) is 12.0 Å². The molecule has 2 heterocycles. The highest BCUT2D eigenvalue weighted by Gasteiger charge is 2.21. The number of halogens is 1. The molecule has 1 aliphatic heterocycles. The third-order valence-corrected chi connectivity index (χ3v) is 4.91. The number of aromatic nitrogens is 2. The Balaban J connectivity index is 0.00000320. The predicted octanol–water partition coefficient (Wildman–Crippen LogP) is 2.87. The third-order valence-electron chi connectivity index (χ3n) is 4.91. The minimum Gasteiger partial charge on any atom is -0.504 e. The summed E-state index contributed by atoms with van der Waals surface area (Å²) in [6, 6.07) is 5.69. The van der Waals surface area contributed by atoms with Crippen LogP contribution in [0.15, 0.2) is 35.6 Å². The van der Waals surface area contributed by atoms with Gasteiger partial charge in [-0.25, -0.2) is 4.99 Å². The molecule has 1 saturated heterocycles. The number of hydrogen-bond donors (Lipinski definition) is 3. The monoisotopic (exact) mass is 528 g/mol. The number of phenols is 1. The molecule has 0 amide bonds. The van der Waals surface area contributed by atoms with E-state index in [0.717, 1.165) is 49.7 Å². The largest absolute Gasteiger partial charge is 0.504 e. The number of piperidine rings is 1. The second kappa shape index (κ2) is 11.9. The predicted molar refractivity (Wildman–Crippen MR) is 131 cm³/mol. The molecular weight excluding hydrogens is 495 g/mol. The van der Waals surface area contributed by atoms with Crippen molar-refractivity contribution in [2.45, 2.75) is 39.3 Å². The Morgan fingerprint density at radius 1 is 1.37 bits per heavy atom. The molecule has 1 fully saturated rings. The average Bonchev–Trinajstić information content (AvgIpc) is 3.15. The summed E-state index contributed by atoms with van der Waals surface area (Å²) in [5.41, 5.74) is 2.15. The Hall–Kier alpha value is -2.17. The van der Waals surface area contributed by atoms with Crippen LogP contribution < -0.4 is 20.3 Å². The Kier molecular flexibility index (Phi) is 9.54. The fraction of sp³-hybridized carbons (Fsp3) is 0.524. The molecule has 166 valence electrons. The van der Waals surface area contributed by atoms with E-state index in [1.165, 1.54) is 0 Å². The second-order valence-electron chi connectivity index (χ2n) is 7.23. The van der Waals surface area contributed by atoms with Gasteiger partial charge in [0, 0.05) is 38.9 Å². The summed E-state index contributed by atoms with van der Waals surface area (Å²) in [7, 11) is 1.94. The molecule has 0 aliphatic carbocycles. The van der Waals surface area contributed by atoms with Crippen molar-refractivity contribution in [1.82, 2.24) is 20.4 Å². The van der Waals surface area contributed by atoms with Gasteiger partial charge in [0.2, 0.25) is 0 Å². The molecule has 1 aromatic heterocycles. The Morgan fingerprint density at radius 3 is 2.90 bits per heavy atom. The van der Waals surface area contributed by atoms with E-state index < -0.39 is 0 Å². The highest BCUT2D eigenvalue weighted by Crippen LogP contribution is 2.27. The van der Waals surface area contributed by atoms with Crippen molar-refractivity contribution in [3.63, 3.8) is 0 Å². The Bertz CT molecular complexity index is 826. The van der Waals surface area contributed by atoms with Gasteiger partial charge in [0.25, 0.3) is 0 Å². The van der Waals surface area contributed by atoms with Crippen LogP contribution in [0.1, 0.15) is 32.3 Å². The fourth-order valence-corrected chi connectivity index (χ4v) is 3.51. The first-order chi connectivity index (χ1) is 14.1. The molecule has 0 bridgehead atoms. The topological polar surface area (TPSA) is 86.9 Å². The molecular formula is C21H33IN6O2. The van der Waals surface area contributed by atoms with Gasteiger partial charge in [-0.1, -0.05) is 6.07 Å². The number of guanidine groups is 1.